The van der Waals surface area contributed by atoms with Crippen molar-refractivity contribution in [3.63, 3.8) is 0 Å². The molecule has 3 aromatic rings. The lowest BCUT2D eigenvalue weighted by atomic mass is 10.1. The summed E-state index contributed by atoms with van der Waals surface area (Å²) in [4.78, 5) is 19.2. The van der Waals surface area contributed by atoms with Gasteiger partial charge in [-0.05, 0) is 38.3 Å². The van der Waals surface area contributed by atoms with E-state index < -0.39 is 0 Å². The van der Waals surface area contributed by atoms with Gasteiger partial charge in [-0.3, -0.25) is 14.6 Å². The van der Waals surface area contributed by atoms with Gasteiger partial charge in [-0.1, -0.05) is 0 Å². The predicted molar refractivity (Wildman–Crippen MR) is 89.6 cm³/mol. The number of carbonyl (C=O) groups excluding carboxylic acids is 1. The lowest BCUT2D eigenvalue weighted by Gasteiger charge is -2.24. The average molecular weight is 324 g/mol. The summed E-state index contributed by atoms with van der Waals surface area (Å²) in [5, 5.41) is 12.3. The van der Waals surface area contributed by atoms with Gasteiger partial charge in [-0.2, -0.15) is 10.2 Å². The molecule has 124 valence electrons. The maximum absolute atomic E-state index is 13.0. The SMILES string of the molecule is Cc1cnn(CC2CCCN2C(=O)c2cnc3n[nH]c(C)c3c2)c1. The minimum Gasteiger partial charge on any atom is -0.334 e. The number of pyridine rings is 1. The highest BCUT2D eigenvalue weighted by Crippen LogP contribution is 2.23. The summed E-state index contributed by atoms with van der Waals surface area (Å²) < 4.78 is 1.92. The number of aryl methyl sites for hydroxylation is 2. The molecule has 1 N–H and O–H groups in total. The minimum atomic E-state index is 0.0383. The third-order valence-electron chi connectivity index (χ3n) is 4.65. The van der Waals surface area contributed by atoms with E-state index in [0.717, 1.165) is 42.6 Å². The van der Waals surface area contributed by atoms with Gasteiger partial charge >= 0.3 is 0 Å². The van der Waals surface area contributed by atoms with Crippen molar-refractivity contribution in [2.45, 2.75) is 39.3 Å². The van der Waals surface area contributed by atoms with Crippen molar-refractivity contribution in [2.75, 3.05) is 6.54 Å². The van der Waals surface area contributed by atoms with Crippen molar-refractivity contribution in [3.05, 3.63) is 41.5 Å². The Hall–Kier alpha value is -2.70. The number of hydrogen-bond acceptors (Lipinski definition) is 4. The standard InChI is InChI=1S/C17H20N6O/c1-11-7-19-22(9-11)10-14-4-3-5-23(14)17(24)13-6-15-12(2)20-21-16(15)18-8-13/h6-9,14H,3-5,10H2,1-2H3,(H,18,20,21). The molecule has 0 aromatic carbocycles. The molecule has 0 aliphatic carbocycles. The molecule has 1 fully saturated rings. The Morgan fingerprint density at radius 3 is 3.04 bits per heavy atom. The Morgan fingerprint density at radius 2 is 2.25 bits per heavy atom. The second-order valence-corrected chi connectivity index (χ2v) is 6.48. The van der Waals surface area contributed by atoms with Crippen molar-refractivity contribution >= 4 is 16.9 Å². The number of likely N-dealkylation sites (tertiary alicyclic amines) is 1. The van der Waals surface area contributed by atoms with E-state index in [2.05, 4.69) is 20.3 Å². The van der Waals surface area contributed by atoms with E-state index in [0.29, 0.717) is 11.2 Å². The average Bonchev–Trinajstić information content (AvgIpc) is 3.29. The molecular formula is C17H20N6O. The van der Waals surface area contributed by atoms with Crippen LogP contribution in [0.2, 0.25) is 0 Å². The molecule has 0 radical (unpaired) electrons. The van der Waals surface area contributed by atoms with Gasteiger partial charge in [-0.15, -0.1) is 0 Å². The minimum absolute atomic E-state index is 0.0383. The number of aromatic amines is 1. The third-order valence-corrected chi connectivity index (χ3v) is 4.65. The van der Waals surface area contributed by atoms with Gasteiger partial charge in [0.05, 0.1) is 24.3 Å². The fourth-order valence-electron chi connectivity index (χ4n) is 3.38. The molecule has 7 heteroatoms. The van der Waals surface area contributed by atoms with Crippen molar-refractivity contribution in [1.82, 2.24) is 29.9 Å². The number of hydrogen-bond donors (Lipinski definition) is 1. The Morgan fingerprint density at radius 1 is 1.38 bits per heavy atom. The summed E-state index contributed by atoms with van der Waals surface area (Å²) in [5.41, 5.74) is 3.33. The number of carbonyl (C=O) groups is 1. The van der Waals surface area contributed by atoms with E-state index in [1.807, 2.05) is 41.9 Å². The number of fused-ring (bicyclic) bond motifs is 1. The Bertz CT molecular complexity index is 896. The van der Waals surface area contributed by atoms with Gasteiger partial charge in [0.25, 0.3) is 5.91 Å². The molecule has 1 amide bonds. The smallest absolute Gasteiger partial charge is 0.255 e. The van der Waals surface area contributed by atoms with Crippen LogP contribution in [0.1, 0.15) is 34.5 Å². The lowest BCUT2D eigenvalue weighted by Crippen LogP contribution is -2.38. The highest BCUT2D eigenvalue weighted by molar-refractivity contribution is 5.97. The molecule has 1 saturated heterocycles. The van der Waals surface area contributed by atoms with E-state index in [4.69, 9.17) is 0 Å². The number of rotatable bonds is 3. The molecule has 0 spiro atoms. The Balaban J connectivity index is 1.58. The fraction of sp³-hybridized carbons (Fsp3) is 0.412. The number of amides is 1. The zero-order valence-electron chi connectivity index (χ0n) is 13.9. The zero-order valence-corrected chi connectivity index (χ0v) is 13.9. The number of H-pyrrole nitrogens is 1. The van der Waals surface area contributed by atoms with Crippen molar-refractivity contribution in [2.24, 2.45) is 0 Å². The van der Waals surface area contributed by atoms with E-state index >= 15 is 0 Å². The Labute approximate surface area is 139 Å². The van der Waals surface area contributed by atoms with E-state index in [1.165, 1.54) is 0 Å². The first-order valence-corrected chi connectivity index (χ1v) is 8.22. The van der Waals surface area contributed by atoms with Crippen LogP contribution in [0, 0.1) is 13.8 Å². The van der Waals surface area contributed by atoms with E-state index in [1.54, 1.807) is 6.20 Å². The molecule has 7 nitrogen and oxygen atoms in total. The second kappa shape index (κ2) is 5.74. The number of nitrogens with one attached hydrogen (secondary N) is 1. The van der Waals surface area contributed by atoms with Crippen LogP contribution in [-0.2, 0) is 6.54 Å². The first-order valence-electron chi connectivity index (χ1n) is 8.22. The molecule has 0 bridgehead atoms. The van der Waals surface area contributed by atoms with Crippen LogP contribution in [0.3, 0.4) is 0 Å². The summed E-state index contributed by atoms with van der Waals surface area (Å²) >= 11 is 0. The van der Waals surface area contributed by atoms with Gasteiger partial charge in [0.1, 0.15) is 0 Å². The van der Waals surface area contributed by atoms with Crippen molar-refractivity contribution < 1.29 is 4.79 Å². The molecule has 3 aromatic heterocycles. The summed E-state index contributed by atoms with van der Waals surface area (Å²) in [6.45, 7) is 5.48. The topological polar surface area (TPSA) is 79.7 Å². The maximum atomic E-state index is 13.0. The largest absolute Gasteiger partial charge is 0.334 e. The van der Waals surface area contributed by atoms with Gasteiger partial charge < -0.3 is 4.90 Å². The highest BCUT2D eigenvalue weighted by atomic mass is 16.2. The maximum Gasteiger partial charge on any atom is 0.255 e. The summed E-state index contributed by atoms with van der Waals surface area (Å²) in [6.07, 6.45) is 7.52. The quantitative estimate of drug-likeness (QED) is 0.800. The molecule has 1 aliphatic rings. The molecule has 0 saturated carbocycles. The predicted octanol–water partition coefficient (Wildman–Crippen LogP) is 2.08. The van der Waals surface area contributed by atoms with E-state index in [9.17, 15) is 4.79 Å². The van der Waals surface area contributed by atoms with E-state index in [-0.39, 0.29) is 11.9 Å². The molecule has 1 unspecified atom stereocenters. The van der Waals surface area contributed by atoms with Crippen LogP contribution in [-0.4, -0.2) is 48.4 Å². The van der Waals surface area contributed by atoms with Crippen molar-refractivity contribution in [3.8, 4) is 0 Å². The summed E-state index contributed by atoms with van der Waals surface area (Å²) in [7, 11) is 0. The van der Waals surface area contributed by atoms with Crippen LogP contribution < -0.4 is 0 Å². The van der Waals surface area contributed by atoms with Crippen LogP contribution >= 0.6 is 0 Å². The van der Waals surface area contributed by atoms with Gasteiger partial charge in [-0.25, -0.2) is 4.98 Å². The number of aromatic nitrogens is 5. The molecule has 1 atom stereocenters. The van der Waals surface area contributed by atoms with Crippen LogP contribution in [0.4, 0.5) is 0 Å². The molecule has 4 rings (SSSR count). The monoisotopic (exact) mass is 324 g/mol. The Kier molecular flexibility index (Phi) is 3.55. The normalized spacial score (nSPS) is 17.8. The van der Waals surface area contributed by atoms with Gasteiger partial charge in [0.15, 0.2) is 5.65 Å². The summed E-state index contributed by atoms with van der Waals surface area (Å²) in [6, 6.07) is 2.06. The number of nitrogens with zero attached hydrogens (tertiary/aromatic N) is 5. The summed E-state index contributed by atoms with van der Waals surface area (Å²) in [5.74, 6) is 0.0383. The molecule has 24 heavy (non-hydrogen) atoms. The van der Waals surface area contributed by atoms with Crippen LogP contribution in [0.5, 0.6) is 0 Å². The molecular weight excluding hydrogens is 304 g/mol. The first-order chi connectivity index (χ1) is 11.6. The molecule has 1 aliphatic heterocycles. The fourth-order valence-corrected chi connectivity index (χ4v) is 3.38. The lowest BCUT2D eigenvalue weighted by molar-refractivity contribution is 0.0721. The second-order valence-electron chi connectivity index (χ2n) is 6.48. The highest BCUT2D eigenvalue weighted by Gasteiger charge is 2.30. The van der Waals surface area contributed by atoms with Crippen LogP contribution in [0.15, 0.2) is 24.7 Å². The van der Waals surface area contributed by atoms with Crippen molar-refractivity contribution in [1.29, 1.82) is 0 Å². The van der Waals surface area contributed by atoms with Crippen LogP contribution in [0.25, 0.3) is 11.0 Å². The molecule has 4 heterocycles. The zero-order chi connectivity index (χ0) is 16.7. The third kappa shape index (κ3) is 2.55. The first kappa shape index (κ1) is 14.9. The van der Waals surface area contributed by atoms with Gasteiger partial charge in [0.2, 0.25) is 0 Å². The van der Waals surface area contributed by atoms with Gasteiger partial charge in [0, 0.05) is 30.0 Å².